The second kappa shape index (κ2) is 4.84. The number of carbonyl (C=O) groups is 1. The molecule has 1 aliphatic heterocycles. The van der Waals surface area contributed by atoms with E-state index in [1.54, 1.807) is 12.0 Å². The summed E-state index contributed by atoms with van der Waals surface area (Å²) < 4.78 is 5.37. The zero-order valence-corrected chi connectivity index (χ0v) is 11.1. The van der Waals surface area contributed by atoms with E-state index in [1.165, 1.54) is 0 Å². The number of aromatic amines is 1. The lowest BCUT2D eigenvalue weighted by Crippen LogP contribution is -2.36. The van der Waals surface area contributed by atoms with Crippen LogP contribution in [0.1, 0.15) is 22.6 Å². The molecule has 0 saturated carbocycles. The van der Waals surface area contributed by atoms with Crippen LogP contribution in [0.2, 0.25) is 0 Å². The Hall–Kier alpha value is -2.57. The first kappa shape index (κ1) is 12.5. The van der Waals surface area contributed by atoms with Crippen LogP contribution >= 0.6 is 0 Å². The smallest absolute Gasteiger partial charge is 0.295 e. The number of amides is 1. The van der Waals surface area contributed by atoms with Crippen molar-refractivity contribution in [1.29, 1.82) is 0 Å². The molecular formula is C13H15N5O2. The molecule has 0 aliphatic carbocycles. The number of nitrogen functional groups attached to an aromatic ring is 1. The van der Waals surface area contributed by atoms with Gasteiger partial charge in [0.1, 0.15) is 5.75 Å². The molecule has 0 radical (unpaired) electrons. The molecule has 0 fully saturated rings. The maximum Gasteiger partial charge on any atom is 0.295 e. The van der Waals surface area contributed by atoms with Crippen molar-refractivity contribution < 1.29 is 9.53 Å². The van der Waals surface area contributed by atoms with Crippen LogP contribution < -0.4 is 15.4 Å². The van der Waals surface area contributed by atoms with E-state index in [4.69, 9.17) is 10.5 Å². The monoisotopic (exact) mass is 273 g/mol. The van der Waals surface area contributed by atoms with Crippen molar-refractivity contribution in [3.05, 3.63) is 29.6 Å². The third-order valence-electron chi connectivity index (χ3n) is 3.35. The average molecular weight is 273 g/mol. The molecule has 2 aromatic rings. The molecule has 3 rings (SSSR count). The third-order valence-corrected chi connectivity index (χ3v) is 3.35. The number of nitrogens with one attached hydrogen (secondary N) is 1. The molecule has 0 spiro atoms. The van der Waals surface area contributed by atoms with E-state index >= 15 is 0 Å². The number of para-hydroxylation sites is 1. The summed E-state index contributed by atoms with van der Waals surface area (Å²) in [5.74, 6) is 0.634. The van der Waals surface area contributed by atoms with Crippen molar-refractivity contribution in [2.75, 3.05) is 24.3 Å². The number of hydrogen-bond acceptors (Lipinski definition) is 5. The standard InChI is InChI=1S/C13H15N5O2/c1-20-9-6-2-4-8-5-3-7-18(10(8)9)12(19)11-15-13(14)17-16-11/h2,4,6H,3,5,7H2,1H3,(H3,14,15,16,17). The van der Waals surface area contributed by atoms with Gasteiger partial charge in [-0.1, -0.05) is 12.1 Å². The maximum absolute atomic E-state index is 12.5. The van der Waals surface area contributed by atoms with Gasteiger partial charge >= 0.3 is 0 Å². The Kier molecular flexibility index (Phi) is 3.02. The Balaban J connectivity index is 2.03. The number of aromatic nitrogens is 3. The molecule has 0 atom stereocenters. The molecule has 7 nitrogen and oxygen atoms in total. The van der Waals surface area contributed by atoms with Gasteiger partial charge in [-0.15, -0.1) is 5.10 Å². The van der Waals surface area contributed by atoms with Crippen LogP contribution in [0, 0.1) is 0 Å². The van der Waals surface area contributed by atoms with Gasteiger partial charge in [0.25, 0.3) is 5.91 Å². The van der Waals surface area contributed by atoms with E-state index in [0.717, 1.165) is 24.1 Å². The van der Waals surface area contributed by atoms with E-state index in [2.05, 4.69) is 15.2 Å². The molecule has 104 valence electrons. The lowest BCUT2D eigenvalue weighted by Gasteiger charge is -2.30. The van der Waals surface area contributed by atoms with E-state index in [1.807, 2.05) is 18.2 Å². The summed E-state index contributed by atoms with van der Waals surface area (Å²) in [6, 6.07) is 5.78. The number of ether oxygens (including phenoxy) is 1. The number of aryl methyl sites for hydroxylation is 1. The first-order chi connectivity index (χ1) is 9.70. The molecule has 20 heavy (non-hydrogen) atoms. The average Bonchev–Trinajstić information content (AvgIpc) is 2.91. The summed E-state index contributed by atoms with van der Waals surface area (Å²) in [6.07, 6.45) is 1.82. The van der Waals surface area contributed by atoms with Crippen molar-refractivity contribution in [3.8, 4) is 5.75 Å². The molecule has 7 heteroatoms. The Labute approximate surface area is 115 Å². The Morgan fingerprint density at radius 2 is 2.35 bits per heavy atom. The van der Waals surface area contributed by atoms with Gasteiger partial charge < -0.3 is 15.4 Å². The molecule has 1 aromatic carbocycles. The number of nitrogens with two attached hydrogens (primary N) is 1. The number of methoxy groups -OCH3 is 1. The van der Waals surface area contributed by atoms with Crippen molar-refractivity contribution in [1.82, 2.24) is 15.2 Å². The second-order valence-electron chi connectivity index (χ2n) is 4.57. The summed E-state index contributed by atoms with van der Waals surface area (Å²) in [5, 5.41) is 6.25. The highest BCUT2D eigenvalue weighted by Gasteiger charge is 2.28. The highest BCUT2D eigenvalue weighted by atomic mass is 16.5. The molecule has 0 unspecified atom stereocenters. The molecule has 1 aromatic heterocycles. The minimum atomic E-state index is -0.250. The van der Waals surface area contributed by atoms with E-state index < -0.39 is 0 Å². The number of anilines is 2. The summed E-state index contributed by atoms with van der Waals surface area (Å²) >= 11 is 0. The second-order valence-corrected chi connectivity index (χ2v) is 4.57. The summed E-state index contributed by atoms with van der Waals surface area (Å²) in [7, 11) is 1.60. The van der Waals surface area contributed by atoms with E-state index in [-0.39, 0.29) is 17.7 Å². The number of carbonyl (C=O) groups excluding carboxylic acids is 1. The van der Waals surface area contributed by atoms with Crippen molar-refractivity contribution >= 4 is 17.5 Å². The number of benzene rings is 1. The zero-order chi connectivity index (χ0) is 14.1. The van der Waals surface area contributed by atoms with E-state index in [9.17, 15) is 4.79 Å². The minimum Gasteiger partial charge on any atom is -0.495 e. The van der Waals surface area contributed by atoms with Crippen LogP contribution in [0.3, 0.4) is 0 Å². The number of nitrogens with zero attached hydrogens (tertiary/aromatic N) is 3. The lowest BCUT2D eigenvalue weighted by atomic mass is 10.0. The summed E-state index contributed by atoms with van der Waals surface area (Å²) in [4.78, 5) is 18.1. The quantitative estimate of drug-likeness (QED) is 0.850. The Bertz CT molecular complexity index is 638. The van der Waals surface area contributed by atoms with Crippen LogP contribution in [0.15, 0.2) is 18.2 Å². The molecular weight excluding hydrogens is 258 g/mol. The van der Waals surface area contributed by atoms with Gasteiger partial charge in [0.2, 0.25) is 11.8 Å². The van der Waals surface area contributed by atoms with Crippen molar-refractivity contribution in [2.24, 2.45) is 0 Å². The number of fused-ring (bicyclic) bond motifs is 1. The minimum absolute atomic E-state index is 0.0607. The SMILES string of the molecule is COc1cccc2c1N(C(=O)c1nc(N)n[nH]1)CCC2. The molecule has 1 amide bonds. The van der Waals surface area contributed by atoms with Crippen molar-refractivity contribution in [2.45, 2.75) is 12.8 Å². The fraction of sp³-hybridized carbons (Fsp3) is 0.308. The fourth-order valence-corrected chi connectivity index (χ4v) is 2.48. The number of hydrogen-bond donors (Lipinski definition) is 2. The maximum atomic E-state index is 12.5. The normalized spacial score (nSPS) is 13.9. The topological polar surface area (TPSA) is 97.1 Å². The first-order valence-electron chi connectivity index (χ1n) is 6.36. The molecule has 2 heterocycles. The van der Waals surface area contributed by atoms with Crippen LogP contribution in [-0.4, -0.2) is 34.7 Å². The predicted octanol–water partition coefficient (Wildman–Crippen LogP) is 0.988. The van der Waals surface area contributed by atoms with Gasteiger partial charge in [-0.2, -0.15) is 4.98 Å². The van der Waals surface area contributed by atoms with Crippen LogP contribution in [0.5, 0.6) is 5.75 Å². The van der Waals surface area contributed by atoms with Gasteiger partial charge in [-0.3, -0.25) is 9.89 Å². The number of H-pyrrole nitrogens is 1. The zero-order valence-electron chi connectivity index (χ0n) is 11.1. The Morgan fingerprint density at radius 1 is 1.50 bits per heavy atom. The van der Waals surface area contributed by atoms with Gasteiger partial charge in [-0.05, 0) is 24.5 Å². The largest absolute Gasteiger partial charge is 0.495 e. The van der Waals surface area contributed by atoms with Gasteiger partial charge in [0.05, 0.1) is 12.8 Å². The Morgan fingerprint density at radius 3 is 3.05 bits per heavy atom. The molecule has 0 saturated heterocycles. The van der Waals surface area contributed by atoms with Gasteiger partial charge in [0.15, 0.2) is 0 Å². The van der Waals surface area contributed by atoms with Crippen LogP contribution in [0.25, 0.3) is 0 Å². The summed E-state index contributed by atoms with van der Waals surface area (Å²) in [6.45, 7) is 0.618. The van der Waals surface area contributed by atoms with Gasteiger partial charge in [0, 0.05) is 6.54 Å². The van der Waals surface area contributed by atoms with Crippen LogP contribution in [-0.2, 0) is 6.42 Å². The highest BCUT2D eigenvalue weighted by Crippen LogP contribution is 2.36. The first-order valence-corrected chi connectivity index (χ1v) is 6.36. The third kappa shape index (κ3) is 1.97. The molecule has 1 aliphatic rings. The molecule has 0 bridgehead atoms. The van der Waals surface area contributed by atoms with Crippen LogP contribution in [0.4, 0.5) is 11.6 Å². The predicted molar refractivity (Wildman–Crippen MR) is 73.8 cm³/mol. The highest BCUT2D eigenvalue weighted by molar-refractivity contribution is 6.05. The number of rotatable bonds is 2. The van der Waals surface area contributed by atoms with Crippen molar-refractivity contribution in [3.63, 3.8) is 0 Å². The lowest BCUT2D eigenvalue weighted by molar-refractivity contribution is 0.0975. The van der Waals surface area contributed by atoms with Gasteiger partial charge in [-0.25, -0.2) is 0 Å². The summed E-state index contributed by atoms with van der Waals surface area (Å²) in [5.41, 5.74) is 7.35. The van der Waals surface area contributed by atoms with E-state index in [0.29, 0.717) is 12.3 Å². The fourth-order valence-electron chi connectivity index (χ4n) is 2.48. The molecule has 3 N–H and O–H groups in total.